The van der Waals surface area contributed by atoms with Crippen LogP contribution in [0.5, 0.6) is 0 Å². The van der Waals surface area contributed by atoms with Gasteiger partial charge in [0.15, 0.2) is 0 Å². The van der Waals surface area contributed by atoms with E-state index in [1.54, 1.807) is 0 Å². The number of benzene rings is 1. The first-order chi connectivity index (χ1) is 8.54. The van der Waals surface area contributed by atoms with E-state index >= 15 is 0 Å². The SMILES string of the molecule is C#CCCNC(=O)Nc1ccc(C(=O)O)cc1Br. The van der Waals surface area contributed by atoms with Crippen LogP contribution in [0.25, 0.3) is 0 Å². The average Bonchev–Trinajstić information content (AvgIpc) is 2.32. The maximum atomic E-state index is 11.4. The molecule has 0 spiro atoms. The second kappa shape index (κ2) is 6.67. The number of aromatic carboxylic acids is 1. The molecule has 2 amide bonds. The Morgan fingerprint density at radius 2 is 2.17 bits per heavy atom. The minimum Gasteiger partial charge on any atom is -0.478 e. The van der Waals surface area contributed by atoms with E-state index in [-0.39, 0.29) is 5.56 Å². The van der Waals surface area contributed by atoms with Crippen molar-refractivity contribution in [3.05, 3.63) is 28.2 Å². The first-order valence-corrected chi connectivity index (χ1v) is 5.85. The smallest absolute Gasteiger partial charge is 0.335 e. The van der Waals surface area contributed by atoms with Crippen molar-refractivity contribution in [3.63, 3.8) is 0 Å². The summed E-state index contributed by atoms with van der Waals surface area (Å²) in [6, 6.07) is 3.94. The van der Waals surface area contributed by atoms with Gasteiger partial charge in [-0.25, -0.2) is 9.59 Å². The van der Waals surface area contributed by atoms with Crippen molar-refractivity contribution >= 4 is 33.6 Å². The summed E-state index contributed by atoms with van der Waals surface area (Å²) in [7, 11) is 0. The Morgan fingerprint density at radius 3 is 2.72 bits per heavy atom. The van der Waals surface area contributed by atoms with E-state index in [1.807, 2.05) is 0 Å². The molecule has 5 nitrogen and oxygen atoms in total. The number of rotatable bonds is 4. The molecule has 0 atom stereocenters. The van der Waals surface area contributed by atoms with E-state index in [4.69, 9.17) is 11.5 Å². The summed E-state index contributed by atoms with van der Waals surface area (Å²) in [4.78, 5) is 22.2. The van der Waals surface area contributed by atoms with Crippen molar-refractivity contribution in [1.29, 1.82) is 0 Å². The summed E-state index contributed by atoms with van der Waals surface area (Å²) in [6.45, 7) is 0.382. The highest BCUT2D eigenvalue weighted by Gasteiger charge is 2.08. The van der Waals surface area contributed by atoms with Crippen molar-refractivity contribution in [2.75, 3.05) is 11.9 Å². The quantitative estimate of drug-likeness (QED) is 0.590. The van der Waals surface area contributed by atoms with Crippen LogP contribution in [-0.4, -0.2) is 23.7 Å². The summed E-state index contributed by atoms with van der Waals surface area (Å²) in [6.07, 6.45) is 5.50. The molecule has 0 aliphatic heterocycles. The molecule has 0 saturated heterocycles. The molecule has 94 valence electrons. The average molecular weight is 311 g/mol. The van der Waals surface area contributed by atoms with Gasteiger partial charge in [0.25, 0.3) is 0 Å². The zero-order chi connectivity index (χ0) is 13.5. The number of anilines is 1. The first-order valence-electron chi connectivity index (χ1n) is 5.05. The highest BCUT2D eigenvalue weighted by atomic mass is 79.9. The number of carbonyl (C=O) groups excluding carboxylic acids is 1. The number of hydrogen-bond donors (Lipinski definition) is 3. The molecule has 1 aromatic carbocycles. The van der Waals surface area contributed by atoms with Gasteiger partial charge < -0.3 is 15.7 Å². The van der Waals surface area contributed by atoms with Gasteiger partial charge >= 0.3 is 12.0 Å². The third-order valence-corrected chi connectivity index (χ3v) is 2.68. The second-order valence-corrected chi connectivity index (χ2v) is 4.19. The van der Waals surface area contributed by atoms with Crippen molar-refractivity contribution in [2.24, 2.45) is 0 Å². The maximum Gasteiger partial charge on any atom is 0.335 e. The standard InChI is InChI=1S/C12H11BrN2O3/c1-2-3-6-14-12(18)15-10-5-4-8(11(16)17)7-9(10)13/h1,4-5,7H,3,6H2,(H,16,17)(H2,14,15,18). The molecule has 0 radical (unpaired) electrons. The van der Waals surface area contributed by atoms with Crippen LogP contribution in [-0.2, 0) is 0 Å². The van der Waals surface area contributed by atoms with Gasteiger partial charge in [-0.2, -0.15) is 0 Å². The fourth-order valence-corrected chi connectivity index (χ4v) is 1.64. The second-order valence-electron chi connectivity index (χ2n) is 3.33. The van der Waals surface area contributed by atoms with Gasteiger partial charge in [-0.3, -0.25) is 0 Å². The molecule has 0 saturated carbocycles. The van der Waals surface area contributed by atoms with Gasteiger partial charge in [-0.1, -0.05) is 0 Å². The highest BCUT2D eigenvalue weighted by Crippen LogP contribution is 2.23. The number of carbonyl (C=O) groups is 2. The molecule has 0 aromatic heterocycles. The lowest BCUT2D eigenvalue weighted by Crippen LogP contribution is -2.29. The number of amides is 2. The molecule has 0 unspecified atom stereocenters. The van der Waals surface area contributed by atoms with Gasteiger partial charge in [0, 0.05) is 17.4 Å². The van der Waals surface area contributed by atoms with Gasteiger partial charge in [0.05, 0.1) is 11.3 Å². The van der Waals surface area contributed by atoms with Crippen LogP contribution in [0.3, 0.4) is 0 Å². The Labute approximate surface area is 113 Å². The molecule has 3 N–H and O–H groups in total. The fraction of sp³-hybridized carbons (Fsp3) is 0.167. The van der Waals surface area contributed by atoms with Crippen molar-refractivity contribution in [3.8, 4) is 12.3 Å². The van der Waals surface area contributed by atoms with E-state index in [9.17, 15) is 9.59 Å². The minimum absolute atomic E-state index is 0.139. The maximum absolute atomic E-state index is 11.4. The van der Waals surface area contributed by atoms with Gasteiger partial charge in [0.2, 0.25) is 0 Å². The molecule has 1 aromatic rings. The van der Waals surface area contributed by atoms with Crippen LogP contribution >= 0.6 is 15.9 Å². The molecule has 0 aliphatic rings. The summed E-state index contributed by atoms with van der Waals surface area (Å²) < 4.78 is 0.495. The summed E-state index contributed by atoms with van der Waals surface area (Å²) in [5.41, 5.74) is 0.623. The molecule has 0 aliphatic carbocycles. The van der Waals surface area contributed by atoms with Crippen LogP contribution in [0, 0.1) is 12.3 Å². The Balaban J connectivity index is 2.65. The van der Waals surface area contributed by atoms with Crippen LogP contribution in [0.2, 0.25) is 0 Å². The van der Waals surface area contributed by atoms with Crippen LogP contribution in [0.15, 0.2) is 22.7 Å². The zero-order valence-electron chi connectivity index (χ0n) is 9.37. The lowest BCUT2D eigenvalue weighted by atomic mass is 10.2. The topological polar surface area (TPSA) is 78.4 Å². The van der Waals surface area contributed by atoms with Crippen LogP contribution in [0.4, 0.5) is 10.5 Å². The van der Waals surface area contributed by atoms with E-state index in [0.29, 0.717) is 23.1 Å². The Bertz CT molecular complexity index is 509. The highest BCUT2D eigenvalue weighted by molar-refractivity contribution is 9.10. The normalized spacial score (nSPS) is 9.33. The van der Waals surface area contributed by atoms with E-state index in [1.165, 1.54) is 18.2 Å². The monoisotopic (exact) mass is 310 g/mol. The Morgan fingerprint density at radius 1 is 1.44 bits per heavy atom. The summed E-state index contributed by atoms with van der Waals surface area (Å²) >= 11 is 3.19. The number of carboxylic acids is 1. The lowest BCUT2D eigenvalue weighted by molar-refractivity contribution is 0.0697. The fourth-order valence-electron chi connectivity index (χ4n) is 1.16. The number of hydrogen-bond acceptors (Lipinski definition) is 2. The Kier molecular flexibility index (Phi) is 5.21. The molecule has 18 heavy (non-hydrogen) atoms. The number of nitrogens with one attached hydrogen (secondary N) is 2. The predicted octanol–water partition coefficient (Wildman–Crippen LogP) is 2.29. The summed E-state index contributed by atoms with van der Waals surface area (Å²) in [5.74, 6) is 1.37. The molecule has 1 rings (SSSR count). The lowest BCUT2D eigenvalue weighted by Gasteiger charge is -2.08. The van der Waals surface area contributed by atoms with Crippen LogP contribution < -0.4 is 10.6 Å². The molecule has 6 heteroatoms. The minimum atomic E-state index is -1.03. The third kappa shape index (κ3) is 4.11. The molecule has 0 bridgehead atoms. The Hall–Kier alpha value is -2.00. The van der Waals surface area contributed by atoms with Crippen molar-refractivity contribution in [1.82, 2.24) is 5.32 Å². The number of urea groups is 1. The van der Waals surface area contributed by atoms with E-state index in [0.717, 1.165) is 0 Å². The third-order valence-electron chi connectivity index (χ3n) is 2.02. The van der Waals surface area contributed by atoms with E-state index in [2.05, 4.69) is 32.5 Å². The molecule has 0 heterocycles. The van der Waals surface area contributed by atoms with Crippen molar-refractivity contribution in [2.45, 2.75) is 6.42 Å². The predicted molar refractivity (Wildman–Crippen MR) is 71.6 cm³/mol. The van der Waals surface area contributed by atoms with Gasteiger partial charge in [-0.15, -0.1) is 12.3 Å². The zero-order valence-corrected chi connectivity index (χ0v) is 11.0. The number of halogens is 1. The van der Waals surface area contributed by atoms with Gasteiger partial charge in [0.1, 0.15) is 0 Å². The molecular formula is C12H11BrN2O3. The van der Waals surface area contributed by atoms with E-state index < -0.39 is 12.0 Å². The largest absolute Gasteiger partial charge is 0.478 e. The van der Waals surface area contributed by atoms with Crippen LogP contribution in [0.1, 0.15) is 16.8 Å². The van der Waals surface area contributed by atoms with Gasteiger partial charge in [-0.05, 0) is 34.1 Å². The molecule has 0 fully saturated rings. The molecular weight excluding hydrogens is 300 g/mol. The summed E-state index contributed by atoms with van der Waals surface area (Å²) in [5, 5.41) is 13.9. The first kappa shape index (κ1) is 14.1. The number of terminal acetylenes is 1. The van der Waals surface area contributed by atoms with Crippen molar-refractivity contribution < 1.29 is 14.7 Å². The number of carboxylic acid groups (broad SMARTS) is 1.